The molecule has 2 N–H and O–H groups in total. The Balaban J connectivity index is 1.47. The maximum atomic E-state index is 12.2. The Bertz CT molecular complexity index is 793. The van der Waals surface area contributed by atoms with E-state index in [1.165, 1.54) is 0 Å². The highest BCUT2D eigenvalue weighted by Gasteiger charge is 2.30. The molecule has 0 unspecified atom stereocenters. The highest BCUT2D eigenvalue weighted by molar-refractivity contribution is 6.30. The van der Waals surface area contributed by atoms with Gasteiger partial charge in [-0.2, -0.15) is 0 Å². The molecule has 2 aromatic rings. The number of hydrogen-bond acceptors (Lipinski definition) is 3. The number of rotatable bonds is 6. The van der Waals surface area contributed by atoms with Crippen LogP contribution in [0.2, 0.25) is 5.02 Å². The number of urea groups is 1. The molecule has 1 aliphatic rings. The van der Waals surface area contributed by atoms with E-state index in [9.17, 15) is 9.59 Å². The maximum absolute atomic E-state index is 12.2. The van der Waals surface area contributed by atoms with Crippen LogP contribution in [0.3, 0.4) is 0 Å². The zero-order valence-electron chi connectivity index (χ0n) is 15.1. The average molecular weight is 388 g/mol. The highest BCUT2D eigenvalue weighted by Crippen LogP contribution is 2.26. The van der Waals surface area contributed by atoms with Crippen molar-refractivity contribution in [2.24, 2.45) is 5.92 Å². The predicted octanol–water partition coefficient (Wildman–Crippen LogP) is 3.91. The van der Waals surface area contributed by atoms with Gasteiger partial charge in [0.1, 0.15) is 5.75 Å². The standard InChI is InChI=1S/C20H22ClN3O3/c1-2-27-18-9-5-16(6-10-18)23-20(26)22-12-14-11-19(25)24(13-14)17-7-3-15(21)4-8-17/h3-10,14H,2,11-13H2,1H3,(H2,22,23,26)/t14-/m1/s1. The molecule has 7 heteroatoms. The van der Waals surface area contributed by atoms with E-state index in [1.807, 2.05) is 19.1 Å². The lowest BCUT2D eigenvalue weighted by Crippen LogP contribution is -2.34. The summed E-state index contributed by atoms with van der Waals surface area (Å²) in [6.45, 7) is 3.52. The van der Waals surface area contributed by atoms with Gasteiger partial charge in [-0.15, -0.1) is 0 Å². The Labute approximate surface area is 163 Å². The summed E-state index contributed by atoms with van der Waals surface area (Å²) in [5.41, 5.74) is 1.51. The molecule has 0 radical (unpaired) electrons. The SMILES string of the molecule is CCOc1ccc(NC(=O)NC[C@H]2CC(=O)N(c3ccc(Cl)cc3)C2)cc1. The molecular formula is C20H22ClN3O3. The number of anilines is 2. The molecule has 1 saturated heterocycles. The topological polar surface area (TPSA) is 70.7 Å². The molecule has 2 aromatic carbocycles. The Morgan fingerprint density at radius 1 is 1.19 bits per heavy atom. The summed E-state index contributed by atoms with van der Waals surface area (Å²) in [4.78, 5) is 26.1. The Morgan fingerprint density at radius 2 is 1.89 bits per heavy atom. The lowest BCUT2D eigenvalue weighted by atomic mass is 10.1. The second-order valence-corrected chi connectivity index (χ2v) is 6.78. The number of amides is 3. The van der Waals surface area contributed by atoms with Crippen molar-refractivity contribution in [3.8, 4) is 5.75 Å². The number of nitrogens with zero attached hydrogens (tertiary/aromatic N) is 1. The summed E-state index contributed by atoms with van der Waals surface area (Å²) in [5, 5.41) is 6.24. The third kappa shape index (κ3) is 5.14. The molecule has 1 heterocycles. The second kappa shape index (κ2) is 8.77. The van der Waals surface area contributed by atoms with Crippen LogP contribution in [-0.4, -0.2) is 31.6 Å². The summed E-state index contributed by atoms with van der Waals surface area (Å²) in [5.74, 6) is 0.880. The van der Waals surface area contributed by atoms with Crippen LogP contribution in [0, 0.1) is 5.92 Å². The van der Waals surface area contributed by atoms with E-state index in [-0.39, 0.29) is 17.9 Å². The fourth-order valence-corrected chi connectivity index (χ4v) is 3.13. The van der Waals surface area contributed by atoms with Crippen LogP contribution in [0.1, 0.15) is 13.3 Å². The molecule has 6 nitrogen and oxygen atoms in total. The molecule has 3 amide bonds. The van der Waals surface area contributed by atoms with Gasteiger partial charge in [-0.25, -0.2) is 4.79 Å². The fourth-order valence-electron chi connectivity index (χ4n) is 3.00. The van der Waals surface area contributed by atoms with E-state index in [0.717, 1.165) is 11.4 Å². The number of ether oxygens (including phenoxy) is 1. The van der Waals surface area contributed by atoms with Crippen molar-refractivity contribution in [1.29, 1.82) is 0 Å². The predicted molar refractivity (Wildman–Crippen MR) is 107 cm³/mol. The number of benzene rings is 2. The van der Waals surface area contributed by atoms with Gasteiger partial charge in [0.15, 0.2) is 0 Å². The van der Waals surface area contributed by atoms with Gasteiger partial charge < -0.3 is 20.3 Å². The minimum absolute atomic E-state index is 0.0519. The van der Waals surface area contributed by atoms with E-state index in [0.29, 0.717) is 36.8 Å². The number of halogens is 1. The van der Waals surface area contributed by atoms with E-state index in [2.05, 4.69) is 10.6 Å². The van der Waals surface area contributed by atoms with Crippen LogP contribution in [0.15, 0.2) is 48.5 Å². The van der Waals surface area contributed by atoms with Crippen molar-refractivity contribution < 1.29 is 14.3 Å². The van der Waals surface area contributed by atoms with Crippen molar-refractivity contribution in [2.45, 2.75) is 13.3 Å². The lowest BCUT2D eigenvalue weighted by molar-refractivity contribution is -0.117. The lowest BCUT2D eigenvalue weighted by Gasteiger charge is -2.17. The molecule has 0 aromatic heterocycles. The van der Waals surface area contributed by atoms with Crippen LogP contribution in [-0.2, 0) is 4.79 Å². The van der Waals surface area contributed by atoms with E-state index < -0.39 is 0 Å². The molecule has 142 valence electrons. The van der Waals surface area contributed by atoms with Gasteiger partial charge in [-0.05, 0) is 55.5 Å². The zero-order valence-corrected chi connectivity index (χ0v) is 15.8. The summed E-state index contributed by atoms with van der Waals surface area (Å²) < 4.78 is 5.37. The number of carbonyl (C=O) groups is 2. The largest absolute Gasteiger partial charge is 0.494 e. The van der Waals surface area contributed by atoms with Crippen molar-refractivity contribution in [3.63, 3.8) is 0 Å². The summed E-state index contributed by atoms with van der Waals surface area (Å²) in [7, 11) is 0. The molecule has 0 aliphatic carbocycles. The van der Waals surface area contributed by atoms with E-state index in [1.54, 1.807) is 41.3 Å². The average Bonchev–Trinajstić information content (AvgIpc) is 3.03. The molecule has 1 fully saturated rings. The first-order chi connectivity index (χ1) is 13.0. The van der Waals surface area contributed by atoms with Gasteiger partial charge in [-0.1, -0.05) is 11.6 Å². The molecule has 1 atom stereocenters. The quantitative estimate of drug-likeness (QED) is 0.789. The van der Waals surface area contributed by atoms with Gasteiger partial charge >= 0.3 is 6.03 Å². The summed E-state index contributed by atoms with van der Waals surface area (Å²) in [6, 6.07) is 14.1. The first-order valence-corrected chi connectivity index (χ1v) is 9.26. The van der Waals surface area contributed by atoms with Crippen LogP contribution in [0.4, 0.5) is 16.2 Å². The third-order valence-corrected chi connectivity index (χ3v) is 4.57. The van der Waals surface area contributed by atoms with Crippen LogP contribution < -0.4 is 20.3 Å². The van der Waals surface area contributed by atoms with Crippen LogP contribution in [0.25, 0.3) is 0 Å². The minimum atomic E-state index is -0.295. The summed E-state index contributed by atoms with van der Waals surface area (Å²) >= 11 is 5.89. The molecule has 1 aliphatic heterocycles. The van der Waals surface area contributed by atoms with Gasteiger partial charge in [0.2, 0.25) is 5.91 Å². The monoisotopic (exact) mass is 387 g/mol. The molecule has 0 bridgehead atoms. The van der Waals surface area contributed by atoms with E-state index in [4.69, 9.17) is 16.3 Å². The van der Waals surface area contributed by atoms with Gasteiger partial charge in [-0.3, -0.25) is 4.79 Å². The van der Waals surface area contributed by atoms with Crippen molar-refractivity contribution in [1.82, 2.24) is 5.32 Å². The van der Waals surface area contributed by atoms with Crippen molar-refractivity contribution in [3.05, 3.63) is 53.6 Å². The minimum Gasteiger partial charge on any atom is -0.494 e. The van der Waals surface area contributed by atoms with Gasteiger partial charge in [0.25, 0.3) is 0 Å². The zero-order chi connectivity index (χ0) is 19.2. The first-order valence-electron chi connectivity index (χ1n) is 8.89. The smallest absolute Gasteiger partial charge is 0.319 e. The molecular weight excluding hydrogens is 366 g/mol. The summed E-state index contributed by atoms with van der Waals surface area (Å²) in [6.07, 6.45) is 0.409. The first kappa shape index (κ1) is 19.0. The Morgan fingerprint density at radius 3 is 2.56 bits per heavy atom. The molecule has 27 heavy (non-hydrogen) atoms. The van der Waals surface area contributed by atoms with Gasteiger partial charge in [0.05, 0.1) is 6.61 Å². The Hall–Kier alpha value is -2.73. The number of hydrogen-bond donors (Lipinski definition) is 2. The number of nitrogens with one attached hydrogen (secondary N) is 2. The Kier molecular flexibility index (Phi) is 6.19. The maximum Gasteiger partial charge on any atom is 0.319 e. The molecule has 3 rings (SSSR count). The van der Waals surface area contributed by atoms with Crippen LogP contribution >= 0.6 is 11.6 Å². The normalized spacial score (nSPS) is 16.3. The van der Waals surface area contributed by atoms with Crippen molar-refractivity contribution >= 4 is 34.9 Å². The second-order valence-electron chi connectivity index (χ2n) is 6.34. The highest BCUT2D eigenvalue weighted by atomic mass is 35.5. The molecule has 0 spiro atoms. The van der Waals surface area contributed by atoms with Crippen molar-refractivity contribution in [2.75, 3.05) is 29.9 Å². The fraction of sp³-hybridized carbons (Fsp3) is 0.300. The number of carbonyl (C=O) groups excluding carboxylic acids is 2. The van der Waals surface area contributed by atoms with Crippen LogP contribution in [0.5, 0.6) is 5.75 Å². The molecule has 0 saturated carbocycles. The van der Waals surface area contributed by atoms with E-state index >= 15 is 0 Å². The van der Waals surface area contributed by atoms with Gasteiger partial charge in [0, 0.05) is 41.8 Å². The third-order valence-electron chi connectivity index (χ3n) is 4.32.